The summed E-state index contributed by atoms with van der Waals surface area (Å²) in [5.74, 6) is 0.443. The molecule has 1 atom stereocenters. The molecule has 0 amide bonds. The first-order valence-electron chi connectivity index (χ1n) is 10.1. The molecular weight excluding hydrogens is 382 g/mol. The Hall–Kier alpha value is -3.19. The number of hydrogen-bond acceptors (Lipinski definition) is 6. The van der Waals surface area contributed by atoms with Crippen molar-refractivity contribution in [3.05, 3.63) is 66.0 Å². The Kier molecular flexibility index (Phi) is 6.39. The number of rotatable bonds is 7. The maximum atomic E-state index is 11.3. The molecule has 156 valence electrons. The Labute approximate surface area is 175 Å². The standard InChI is InChI=1S/C23H25N3O4/c1-28-23(27)14-17-5-7-18(8-6-17)16-30-19-9-10-20(24-15-19)21-11-12-25-26(21)22-4-2-3-13-29-22/h5-12,15,22H,2-4,13-14,16H2,1H3. The van der Waals surface area contributed by atoms with E-state index >= 15 is 0 Å². The van der Waals surface area contributed by atoms with Crippen molar-refractivity contribution in [3.8, 4) is 17.1 Å². The first-order valence-corrected chi connectivity index (χ1v) is 10.1. The summed E-state index contributed by atoms with van der Waals surface area (Å²) in [6.45, 7) is 1.20. The fourth-order valence-corrected chi connectivity index (χ4v) is 3.44. The average Bonchev–Trinajstić information content (AvgIpc) is 3.29. The lowest BCUT2D eigenvalue weighted by Crippen LogP contribution is -2.20. The Morgan fingerprint density at radius 3 is 2.67 bits per heavy atom. The third-order valence-corrected chi connectivity index (χ3v) is 5.10. The second-order valence-corrected chi connectivity index (χ2v) is 7.22. The van der Waals surface area contributed by atoms with E-state index in [1.165, 1.54) is 7.11 Å². The summed E-state index contributed by atoms with van der Waals surface area (Å²) in [4.78, 5) is 15.9. The Bertz CT molecular complexity index is 961. The number of methoxy groups -OCH3 is 1. The maximum Gasteiger partial charge on any atom is 0.309 e. The lowest BCUT2D eigenvalue weighted by Gasteiger charge is -2.24. The molecule has 3 aromatic rings. The van der Waals surface area contributed by atoms with Gasteiger partial charge in [-0.25, -0.2) is 4.68 Å². The monoisotopic (exact) mass is 407 g/mol. The van der Waals surface area contributed by atoms with Crippen LogP contribution in [0.5, 0.6) is 5.75 Å². The minimum absolute atomic E-state index is 0.0244. The van der Waals surface area contributed by atoms with Gasteiger partial charge < -0.3 is 14.2 Å². The number of pyridine rings is 1. The van der Waals surface area contributed by atoms with Gasteiger partial charge in [-0.1, -0.05) is 24.3 Å². The zero-order chi connectivity index (χ0) is 20.8. The number of ether oxygens (including phenoxy) is 3. The quantitative estimate of drug-likeness (QED) is 0.552. The van der Waals surface area contributed by atoms with Crippen LogP contribution in [0.25, 0.3) is 11.4 Å². The third-order valence-electron chi connectivity index (χ3n) is 5.10. The molecule has 0 spiro atoms. The van der Waals surface area contributed by atoms with Crippen LogP contribution in [0, 0.1) is 0 Å². The average molecular weight is 407 g/mol. The van der Waals surface area contributed by atoms with E-state index in [1.54, 1.807) is 12.4 Å². The highest BCUT2D eigenvalue weighted by Crippen LogP contribution is 2.28. The van der Waals surface area contributed by atoms with Gasteiger partial charge in [0.25, 0.3) is 0 Å². The minimum Gasteiger partial charge on any atom is -0.487 e. The van der Waals surface area contributed by atoms with Crippen molar-refractivity contribution in [1.29, 1.82) is 0 Å². The summed E-state index contributed by atoms with van der Waals surface area (Å²) in [6.07, 6.45) is 6.96. The smallest absolute Gasteiger partial charge is 0.309 e. The molecule has 1 saturated heterocycles. The van der Waals surface area contributed by atoms with Crippen LogP contribution in [0.1, 0.15) is 36.6 Å². The molecule has 1 unspecified atom stereocenters. The fraction of sp³-hybridized carbons (Fsp3) is 0.348. The molecule has 0 saturated carbocycles. The summed E-state index contributed by atoms with van der Waals surface area (Å²) in [7, 11) is 1.39. The highest BCUT2D eigenvalue weighted by atomic mass is 16.5. The van der Waals surface area contributed by atoms with Crippen LogP contribution in [0.15, 0.2) is 54.9 Å². The van der Waals surface area contributed by atoms with Gasteiger partial charge in [0.05, 0.1) is 31.1 Å². The zero-order valence-electron chi connectivity index (χ0n) is 17.0. The molecule has 3 heterocycles. The van der Waals surface area contributed by atoms with Crippen LogP contribution in [0.4, 0.5) is 0 Å². The number of hydrogen-bond donors (Lipinski definition) is 0. The van der Waals surface area contributed by atoms with E-state index in [2.05, 4.69) is 14.8 Å². The van der Waals surface area contributed by atoms with Crippen molar-refractivity contribution in [1.82, 2.24) is 14.8 Å². The van der Waals surface area contributed by atoms with E-state index in [1.807, 2.05) is 47.1 Å². The van der Waals surface area contributed by atoms with Crippen LogP contribution in [0.2, 0.25) is 0 Å². The Morgan fingerprint density at radius 1 is 1.13 bits per heavy atom. The summed E-state index contributed by atoms with van der Waals surface area (Å²) in [5.41, 5.74) is 3.70. The van der Waals surface area contributed by atoms with Crippen molar-refractivity contribution < 1.29 is 19.0 Å². The highest BCUT2D eigenvalue weighted by molar-refractivity contribution is 5.72. The van der Waals surface area contributed by atoms with E-state index in [0.717, 1.165) is 48.4 Å². The molecule has 7 nitrogen and oxygen atoms in total. The fourth-order valence-electron chi connectivity index (χ4n) is 3.44. The van der Waals surface area contributed by atoms with Crippen molar-refractivity contribution in [2.45, 2.75) is 38.5 Å². The first-order chi connectivity index (χ1) is 14.7. The van der Waals surface area contributed by atoms with Crippen LogP contribution in [-0.4, -0.2) is 34.5 Å². The van der Waals surface area contributed by atoms with Crippen LogP contribution < -0.4 is 4.74 Å². The summed E-state index contributed by atoms with van der Waals surface area (Å²) in [5, 5.41) is 4.44. The molecule has 1 aliphatic heterocycles. The summed E-state index contributed by atoms with van der Waals surface area (Å²) < 4.78 is 18.3. The van der Waals surface area contributed by atoms with Crippen molar-refractivity contribution in [2.75, 3.05) is 13.7 Å². The third kappa shape index (κ3) is 4.86. The zero-order valence-corrected chi connectivity index (χ0v) is 17.0. The Morgan fingerprint density at radius 2 is 1.97 bits per heavy atom. The number of aromatic nitrogens is 3. The summed E-state index contributed by atoms with van der Waals surface area (Å²) in [6, 6.07) is 13.5. The lowest BCUT2D eigenvalue weighted by molar-refractivity contribution is -0.139. The van der Waals surface area contributed by atoms with Crippen LogP contribution in [-0.2, 0) is 27.3 Å². The minimum atomic E-state index is -0.249. The van der Waals surface area contributed by atoms with Gasteiger partial charge in [-0.2, -0.15) is 5.10 Å². The number of esters is 1. The van der Waals surface area contributed by atoms with Gasteiger partial charge in [0.15, 0.2) is 6.23 Å². The lowest BCUT2D eigenvalue weighted by atomic mass is 10.1. The Balaban J connectivity index is 1.37. The molecule has 7 heteroatoms. The predicted octanol–water partition coefficient (Wildman–Crippen LogP) is 3.94. The number of carbonyl (C=O) groups excluding carboxylic acids is 1. The molecule has 1 aromatic carbocycles. The molecule has 30 heavy (non-hydrogen) atoms. The van der Waals surface area contributed by atoms with Gasteiger partial charge in [-0.3, -0.25) is 9.78 Å². The van der Waals surface area contributed by atoms with Crippen molar-refractivity contribution in [3.63, 3.8) is 0 Å². The molecule has 0 N–H and O–H groups in total. The molecule has 4 rings (SSSR count). The molecule has 1 aliphatic rings. The number of carbonyl (C=O) groups is 1. The normalized spacial score (nSPS) is 16.2. The molecule has 0 radical (unpaired) electrons. The van der Waals surface area contributed by atoms with E-state index < -0.39 is 0 Å². The molecule has 0 bridgehead atoms. The largest absolute Gasteiger partial charge is 0.487 e. The number of benzene rings is 1. The molecule has 0 aliphatic carbocycles. The van der Waals surface area contributed by atoms with E-state index in [4.69, 9.17) is 9.47 Å². The van der Waals surface area contributed by atoms with Crippen LogP contribution >= 0.6 is 0 Å². The topological polar surface area (TPSA) is 75.5 Å². The van der Waals surface area contributed by atoms with Gasteiger partial charge in [-0.05, 0) is 48.6 Å². The number of nitrogens with zero attached hydrogens (tertiary/aromatic N) is 3. The second kappa shape index (κ2) is 9.54. The summed E-state index contributed by atoms with van der Waals surface area (Å²) >= 11 is 0. The van der Waals surface area contributed by atoms with Gasteiger partial charge >= 0.3 is 5.97 Å². The van der Waals surface area contributed by atoms with E-state index in [0.29, 0.717) is 12.4 Å². The van der Waals surface area contributed by atoms with Gasteiger partial charge in [0, 0.05) is 12.8 Å². The van der Waals surface area contributed by atoms with Crippen molar-refractivity contribution >= 4 is 5.97 Å². The second-order valence-electron chi connectivity index (χ2n) is 7.22. The highest BCUT2D eigenvalue weighted by Gasteiger charge is 2.20. The molecular formula is C23H25N3O4. The predicted molar refractivity (Wildman–Crippen MR) is 111 cm³/mol. The van der Waals surface area contributed by atoms with Crippen molar-refractivity contribution in [2.24, 2.45) is 0 Å². The van der Waals surface area contributed by atoms with Gasteiger partial charge in [0.2, 0.25) is 0 Å². The molecule has 1 fully saturated rings. The van der Waals surface area contributed by atoms with Crippen LogP contribution in [0.3, 0.4) is 0 Å². The molecule has 2 aromatic heterocycles. The van der Waals surface area contributed by atoms with Gasteiger partial charge in [-0.15, -0.1) is 0 Å². The van der Waals surface area contributed by atoms with E-state index in [9.17, 15) is 4.79 Å². The van der Waals surface area contributed by atoms with Gasteiger partial charge in [0.1, 0.15) is 12.4 Å². The SMILES string of the molecule is COC(=O)Cc1ccc(COc2ccc(-c3ccnn3C3CCCCO3)nc2)cc1. The first kappa shape index (κ1) is 20.1. The maximum absolute atomic E-state index is 11.3. The van der Waals surface area contributed by atoms with E-state index in [-0.39, 0.29) is 18.6 Å².